The molecule has 1 unspecified atom stereocenters. The lowest BCUT2D eigenvalue weighted by Crippen LogP contribution is -2.25. The maximum atomic E-state index is 9.88. The van der Waals surface area contributed by atoms with Gasteiger partial charge in [-0.2, -0.15) is 5.26 Å². The Morgan fingerprint density at radius 2 is 0.754 bits per heavy atom. The van der Waals surface area contributed by atoms with Crippen LogP contribution in [0.5, 0.6) is 0 Å². The fraction of sp³-hybridized carbons (Fsp3) is 0.0189. The number of nitrogens with zero attached hydrogens (tertiary/aromatic N) is 4. The molecule has 0 saturated heterocycles. The van der Waals surface area contributed by atoms with Gasteiger partial charge in [0.05, 0.1) is 17.0 Å². The molecule has 0 fully saturated rings. The number of hydrogen-bond donors (Lipinski definition) is 0. The van der Waals surface area contributed by atoms with E-state index < -0.39 is 5.41 Å². The molecule has 0 aliphatic heterocycles. The summed E-state index contributed by atoms with van der Waals surface area (Å²) in [5, 5.41) is 9.88. The zero-order chi connectivity index (χ0) is 37.9. The molecule has 264 valence electrons. The summed E-state index contributed by atoms with van der Waals surface area (Å²) >= 11 is 0. The van der Waals surface area contributed by atoms with E-state index in [-0.39, 0.29) is 0 Å². The van der Waals surface area contributed by atoms with Crippen LogP contribution in [0.4, 0.5) is 0 Å². The van der Waals surface area contributed by atoms with Crippen molar-refractivity contribution in [2.45, 2.75) is 5.41 Å². The van der Waals surface area contributed by atoms with E-state index in [2.05, 4.69) is 133 Å². The minimum Gasteiger partial charge on any atom is -0.208 e. The van der Waals surface area contributed by atoms with Crippen molar-refractivity contribution in [3.8, 4) is 84.7 Å². The average Bonchev–Trinajstić information content (AvgIpc) is 3.76. The highest BCUT2D eigenvalue weighted by molar-refractivity contribution is 5.96. The molecular weight excluding hydrogens is 693 g/mol. The summed E-state index contributed by atoms with van der Waals surface area (Å²) in [7, 11) is 0. The van der Waals surface area contributed by atoms with Gasteiger partial charge in [-0.3, -0.25) is 0 Å². The second-order valence-corrected chi connectivity index (χ2v) is 14.7. The number of rotatable bonds is 5. The summed E-state index contributed by atoms with van der Waals surface area (Å²) in [6.07, 6.45) is 0. The van der Waals surface area contributed by atoms with E-state index >= 15 is 0 Å². The van der Waals surface area contributed by atoms with Gasteiger partial charge >= 0.3 is 0 Å². The van der Waals surface area contributed by atoms with Crippen LogP contribution in [-0.2, 0) is 5.41 Å². The molecule has 0 N–H and O–H groups in total. The molecule has 1 aromatic heterocycles. The van der Waals surface area contributed by atoms with Crippen molar-refractivity contribution in [3.63, 3.8) is 0 Å². The number of benzene rings is 8. The topological polar surface area (TPSA) is 62.5 Å². The Bertz CT molecular complexity index is 3030. The molecule has 1 atom stereocenters. The third-order valence-corrected chi connectivity index (χ3v) is 11.6. The van der Waals surface area contributed by atoms with Crippen molar-refractivity contribution in [2.75, 3.05) is 0 Å². The Balaban J connectivity index is 1.03. The van der Waals surface area contributed by atoms with Crippen molar-refractivity contribution in [3.05, 3.63) is 222 Å². The van der Waals surface area contributed by atoms with E-state index in [1.54, 1.807) is 0 Å². The Kier molecular flexibility index (Phi) is 7.42. The lowest BCUT2D eigenvalue weighted by molar-refractivity contribution is 0.794. The predicted octanol–water partition coefficient (Wildman–Crippen LogP) is 12.4. The van der Waals surface area contributed by atoms with Gasteiger partial charge in [0, 0.05) is 16.7 Å². The van der Waals surface area contributed by atoms with Crippen LogP contribution in [0.2, 0.25) is 0 Å². The summed E-state index contributed by atoms with van der Waals surface area (Å²) in [5.74, 6) is 1.91. The Hall–Kier alpha value is -7.74. The van der Waals surface area contributed by atoms with Gasteiger partial charge < -0.3 is 0 Å². The monoisotopic (exact) mass is 724 g/mol. The third-order valence-electron chi connectivity index (χ3n) is 11.6. The van der Waals surface area contributed by atoms with Crippen molar-refractivity contribution < 1.29 is 0 Å². The van der Waals surface area contributed by atoms with E-state index in [1.807, 2.05) is 66.7 Å². The zero-order valence-corrected chi connectivity index (χ0v) is 30.8. The summed E-state index contributed by atoms with van der Waals surface area (Å²) in [6.45, 7) is 0. The molecule has 4 nitrogen and oxygen atoms in total. The normalized spacial score (nSPS) is 14.4. The third kappa shape index (κ3) is 5.10. The molecule has 9 aromatic rings. The molecule has 8 aromatic carbocycles. The molecule has 11 rings (SSSR count). The summed E-state index contributed by atoms with van der Waals surface area (Å²) in [4.78, 5) is 14.9. The van der Waals surface area contributed by atoms with Gasteiger partial charge in [0.25, 0.3) is 0 Å². The summed E-state index contributed by atoms with van der Waals surface area (Å²) < 4.78 is 0. The second-order valence-electron chi connectivity index (χ2n) is 14.7. The average molecular weight is 725 g/mol. The SMILES string of the molecule is N#Cc1ccc2c(c1)-c1ccccc1C21c2ccccc2-c2ccc(-c3cccc(-c4cccc(-c5nc(-c6ccccc6)nc(-c6ccccc6)n5)c4)c3)cc21. The van der Waals surface area contributed by atoms with Crippen molar-refractivity contribution in [2.24, 2.45) is 0 Å². The van der Waals surface area contributed by atoms with Gasteiger partial charge in [0.1, 0.15) is 0 Å². The van der Waals surface area contributed by atoms with Gasteiger partial charge in [-0.15, -0.1) is 0 Å². The molecule has 2 aliphatic carbocycles. The van der Waals surface area contributed by atoms with Crippen LogP contribution in [0.3, 0.4) is 0 Å². The predicted molar refractivity (Wildman–Crippen MR) is 228 cm³/mol. The van der Waals surface area contributed by atoms with Crippen LogP contribution in [0.25, 0.3) is 78.7 Å². The molecule has 57 heavy (non-hydrogen) atoms. The lowest BCUT2D eigenvalue weighted by Gasteiger charge is -2.30. The fourth-order valence-electron chi connectivity index (χ4n) is 9.05. The first-order valence-corrected chi connectivity index (χ1v) is 19.2. The molecule has 0 radical (unpaired) electrons. The molecule has 1 spiro atoms. The van der Waals surface area contributed by atoms with E-state index in [9.17, 15) is 5.26 Å². The lowest BCUT2D eigenvalue weighted by atomic mass is 9.70. The molecule has 4 heteroatoms. The number of aromatic nitrogens is 3. The fourth-order valence-corrected chi connectivity index (χ4v) is 9.05. The highest BCUT2D eigenvalue weighted by Crippen LogP contribution is 2.63. The molecule has 0 saturated carbocycles. The van der Waals surface area contributed by atoms with Gasteiger partial charge in [0.15, 0.2) is 17.5 Å². The maximum absolute atomic E-state index is 9.88. The molecule has 2 aliphatic rings. The van der Waals surface area contributed by atoms with Crippen LogP contribution in [0.15, 0.2) is 194 Å². The van der Waals surface area contributed by atoms with Gasteiger partial charge in [0.2, 0.25) is 0 Å². The Morgan fingerprint density at radius 3 is 1.35 bits per heavy atom. The Morgan fingerprint density at radius 1 is 0.316 bits per heavy atom. The zero-order valence-electron chi connectivity index (χ0n) is 30.8. The molecule has 1 heterocycles. The van der Waals surface area contributed by atoms with Gasteiger partial charge in [-0.05, 0) is 97.1 Å². The van der Waals surface area contributed by atoms with Crippen LogP contribution < -0.4 is 0 Å². The van der Waals surface area contributed by atoms with Crippen molar-refractivity contribution in [1.82, 2.24) is 15.0 Å². The standard InChI is InChI=1S/C53H32N4/c54-33-34-25-28-48-45(29-34)43-22-8-10-24-47(43)53(48)46-23-9-7-21-42(46)44-27-26-40(32-49(44)53)38-18-11-17-37(30-38)39-19-12-20-41(31-39)52-56-50(35-13-3-1-4-14-35)55-51(57-52)36-15-5-2-6-16-36/h1-32H. The number of fused-ring (bicyclic) bond motifs is 10. The highest BCUT2D eigenvalue weighted by Gasteiger charge is 2.51. The first kappa shape index (κ1) is 32.7. The van der Waals surface area contributed by atoms with Crippen molar-refractivity contribution >= 4 is 0 Å². The van der Waals surface area contributed by atoms with E-state index in [0.717, 1.165) is 44.5 Å². The summed E-state index contributed by atoms with van der Waals surface area (Å²) in [5.41, 5.74) is 17.3. The van der Waals surface area contributed by atoms with Gasteiger partial charge in [-0.1, -0.05) is 164 Å². The van der Waals surface area contributed by atoms with Crippen LogP contribution in [0.1, 0.15) is 27.8 Å². The van der Waals surface area contributed by atoms with Crippen LogP contribution in [-0.4, -0.2) is 15.0 Å². The molecular formula is C53H32N4. The van der Waals surface area contributed by atoms with Crippen LogP contribution >= 0.6 is 0 Å². The first-order valence-electron chi connectivity index (χ1n) is 19.2. The van der Waals surface area contributed by atoms with Gasteiger partial charge in [-0.25, -0.2) is 15.0 Å². The maximum Gasteiger partial charge on any atom is 0.164 e. The largest absolute Gasteiger partial charge is 0.208 e. The van der Waals surface area contributed by atoms with Crippen molar-refractivity contribution in [1.29, 1.82) is 5.26 Å². The molecule has 0 amide bonds. The van der Waals surface area contributed by atoms with E-state index in [1.165, 1.54) is 38.9 Å². The number of nitriles is 1. The quantitative estimate of drug-likeness (QED) is 0.177. The minimum absolute atomic E-state index is 0.491. The van der Waals surface area contributed by atoms with E-state index in [0.29, 0.717) is 23.0 Å². The second kappa shape index (κ2) is 12.9. The first-order chi connectivity index (χ1) is 28.2. The van der Waals surface area contributed by atoms with E-state index in [4.69, 9.17) is 15.0 Å². The van der Waals surface area contributed by atoms with Crippen LogP contribution in [0, 0.1) is 11.3 Å². The smallest absolute Gasteiger partial charge is 0.164 e. The minimum atomic E-state index is -0.491. The highest BCUT2D eigenvalue weighted by atomic mass is 15.0. The Labute approximate surface area is 331 Å². The summed E-state index contributed by atoms with van der Waals surface area (Å²) in [6, 6.07) is 70.5. The molecule has 0 bridgehead atoms. The number of hydrogen-bond acceptors (Lipinski definition) is 4.